The van der Waals surface area contributed by atoms with Gasteiger partial charge in [-0.05, 0) is 56.3 Å². The number of amides is 1. The number of carbonyl (C=O) groups is 1. The van der Waals surface area contributed by atoms with E-state index in [2.05, 4.69) is 25.9 Å². The molecule has 0 radical (unpaired) electrons. The second-order valence-electron chi connectivity index (χ2n) is 8.95. The third-order valence-corrected chi connectivity index (χ3v) is 7.86. The Kier molecular flexibility index (Phi) is 16.1. The van der Waals surface area contributed by atoms with Gasteiger partial charge in [-0.3, -0.25) is 9.69 Å². The van der Waals surface area contributed by atoms with Gasteiger partial charge < -0.3 is 10.2 Å². The van der Waals surface area contributed by atoms with Crippen LogP contribution in [0.2, 0.25) is 0 Å². The van der Waals surface area contributed by atoms with Gasteiger partial charge in [0.05, 0.1) is 5.75 Å². The molecule has 1 aromatic rings. The fraction of sp³-hybridized carbons (Fsp3) is 0.708. The van der Waals surface area contributed by atoms with Crippen molar-refractivity contribution in [2.45, 2.75) is 59.3 Å². The molecular weight excluding hydrogens is 495 g/mol. The van der Waals surface area contributed by atoms with Crippen LogP contribution in [0.4, 0.5) is 11.4 Å². The minimum Gasteiger partial charge on any atom is -0.369 e. The quantitative estimate of drug-likeness (QED) is 0.427. The Morgan fingerprint density at radius 2 is 1.71 bits per heavy atom. The second kappa shape index (κ2) is 16.6. The first-order chi connectivity index (χ1) is 14.9. The molecule has 1 aliphatic heterocycles. The van der Waals surface area contributed by atoms with Crippen LogP contribution in [0.25, 0.3) is 0 Å². The van der Waals surface area contributed by atoms with E-state index in [9.17, 15) is 13.2 Å². The molecule has 1 saturated heterocycles. The summed E-state index contributed by atoms with van der Waals surface area (Å²) in [4.78, 5) is 16.1. The van der Waals surface area contributed by atoms with E-state index in [0.29, 0.717) is 18.2 Å². The number of anilines is 2. The van der Waals surface area contributed by atoms with Crippen LogP contribution in [-0.4, -0.2) is 64.2 Å². The standard InChI is InChI=1S/C23H38N4O3S.CH4.2ClH/c1-20(28)25-22-10-7-11-23(18-22)27-16-14-26(15-17-27)13-6-5-12-24-31(29,30)19-21-8-3-2-4-9-21;;;/h7,10-11,18,21,24H,2-6,8-9,12-17,19H2,1H3,(H,25,28);1H4;2*1H. The smallest absolute Gasteiger partial charge is 0.221 e. The SMILES string of the molecule is C.CC(=O)Nc1cccc(N2CCN(CCCCNS(=O)(=O)CC3CCCCC3)CC2)c1.Cl.Cl. The van der Waals surface area contributed by atoms with Crippen molar-refractivity contribution in [3.8, 4) is 0 Å². The van der Waals surface area contributed by atoms with E-state index in [-0.39, 0.29) is 38.1 Å². The van der Waals surface area contributed by atoms with E-state index in [0.717, 1.165) is 69.8 Å². The number of rotatable bonds is 10. The van der Waals surface area contributed by atoms with Gasteiger partial charge >= 0.3 is 0 Å². The molecule has 0 bridgehead atoms. The predicted octanol–water partition coefficient (Wildman–Crippen LogP) is 4.53. The largest absolute Gasteiger partial charge is 0.369 e. The van der Waals surface area contributed by atoms with Crippen LogP contribution in [0.1, 0.15) is 59.3 Å². The van der Waals surface area contributed by atoms with Crippen molar-refractivity contribution in [1.82, 2.24) is 9.62 Å². The zero-order valence-electron chi connectivity index (χ0n) is 19.6. The number of unbranched alkanes of at least 4 members (excludes halogenated alkanes) is 1. The number of hydrogen-bond donors (Lipinski definition) is 2. The van der Waals surface area contributed by atoms with E-state index >= 15 is 0 Å². The fourth-order valence-electron chi connectivity index (χ4n) is 4.62. The highest BCUT2D eigenvalue weighted by molar-refractivity contribution is 7.89. The number of carbonyl (C=O) groups excluding carboxylic acids is 1. The molecule has 0 atom stereocenters. The van der Waals surface area contributed by atoms with Crippen LogP contribution >= 0.6 is 24.8 Å². The summed E-state index contributed by atoms with van der Waals surface area (Å²) in [6.45, 7) is 6.98. The monoisotopic (exact) mass is 538 g/mol. The van der Waals surface area contributed by atoms with E-state index in [4.69, 9.17) is 0 Å². The van der Waals surface area contributed by atoms with Gasteiger partial charge in [0.1, 0.15) is 0 Å². The summed E-state index contributed by atoms with van der Waals surface area (Å²) >= 11 is 0. The summed E-state index contributed by atoms with van der Waals surface area (Å²) in [5, 5.41) is 2.84. The zero-order valence-corrected chi connectivity index (χ0v) is 22.1. The lowest BCUT2D eigenvalue weighted by Gasteiger charge is -2.36. The van der Waals surface area contributed by atoms with Crippen molar-refractivity contribution < 1.29 is 13.2 Å². The van der Waals surface area contributed by atoms with E-state index < -0.39 is 10.0 Å². The highest BCUT2D eigenvalue weighted by atomic mass is 35.5. The van der Waals surface area contributed by atoms with Gasteiger partial charge in [-0.25, -0.2) is 13.1 Å². The first-order valence-corrected chi connectivity index (χ1v) is 13.4. The molecule has 1 saturated carbocycles. The summed E-state index contributed by atoms with van der Waals surface area (Å²) in [5.41, 5.74) is 1.97. The number of nitrogens with one attached hydrogen (secondary N) is 2. The molecule has 198 valence electrons. The number of halogens is 2. The molecule has 34 heavy (non-hydrogen) atoms. The molecular formula is C24H44Cl2N4O3S. The predicted molar refractivity (Wildman–Crippen MR) is 148 cm³/mol. The first-order valence-electron chi connectivity index (χ1n) is 11.7. The Balaban J connectivity index is 0.00000363. The van der Waals surface area contributed by atoms with E-state index in [1.807, 2.05) is 18.2 Å². The normalized spacial score (nSPS) is 17.1. The van der Waals surface area contributed by atoms with Crippen molar-refractivity contribution >= 4 is 52.1 Å². The van der Waals surface area contributed by atoms with Crippen LogP contribution in [-0.2, 0) is 14.8 Å². The molecule has 0 aromatic heterocycles. The molecule has 0 unspecified atom stereocenters. The summed E-state index contributed by atoms with van der Waals surface area (Å²) in [5.74, 6) is 0.595. The van der Waals surface area contributed by atoms with E-state index in [1.165, 1.54) is 26.2 Å². The van der Waals surface area contributed by atoms with Crippen molar-refractivity contribution in [2.24, 2.45) is 5.92 Å². The molecule has 7 nitrogen and oxygen atoms in total. The van der Waals surface area contributed by atoms with Gasteiger partial charge in [0.25, 0.3) is 0 Å². The average Bonchev–Trinajstić information content (AvgIpc) is 2.74. The fourth-order valence-corrected chi connectivity index (χ4v) is 6.15. The highest BCUT2D eigenvalue weighted by Gasteiger charge is 2.21. The van der Waals surface area contributed by atoms with E-state index in [1.54, 1.807) is 0 Å². The highest BCUT2D eigenvalue weighted by Crippen LogP contribution is 2.24. The zero-order chi connectivity index (χ0) is 22.1. The molecule has 1 heterocycles. The summed E-state index contributed by atoms with van der Waals surface area (Å²) < 4.78 is 27.3. The lowest BCUT2D eigenvalue weighted by atomic mass is 9.91. The topological polar surface area (TPSA) is 81.8 Å². The van der Waals surface area contributed by atoms with Crippen molar-refractivity contribution in [3.63, 3.8) is 0 Å². The third kappa shape index (κ3) is 11.6. The maximum atomic E-state index is 12.3. The Bertz CT molecular complexity index is 812. The molecule has 2 aliphatic rings. The molecule has 2 fully saturated rings. The van der Waals surface area contributed by atoms with Gasteiger partial charge in [0, 0.05) is 51.0 Å². The van der Waals surface area contributed by atoms with Gasteiger partial charge in [-0.1, -0.05) is 32.8 Å². The number of sulfonamides is 1. The van der Waals surface area contributed by atoms with Crippen molar-refractivity contribution in [1.29, 1.82) is 0 Å². The minimum atomic E-state index is -3.13. The van der Waals surface area contributed by atoms with Crippen molar-refractivity contribution in [2.75, 3.05) is 55.2 Å². The Morgan fingerprint density at radius 3 is 2.35 bits per heavy atom. The number of hydrogen-bond acceptors (Lipinski definition) is 5. The molecule has 0 spiro atoms. The Labute approximate surface area is 219 Å². The molecule has 1 aromatic carbocycles. The van der Waals surface area contributed by atoms with Gasteiger partial charge in [0.15, 0.2) is 0 Å². The average molecular weight is 540 g/mol. The molecule has 10 heteroatoms. The first kappa shape index (κ1) is 32.9. The molecule has 2 N–H and O–H groups in total. The van der Waals surface area contributed by atoms with Gasteiger partial charge in [-0.15, -0.1) is 24.8 Å². The van der Waals surface area contributed by atoms with Gasteiger partial charge in [-0.2, -0.15) is 0 Å². The molecule has 1 aliphatic carbocycles. The van der Waals surface area contributed by atoms with Crippen LogP contribution < -0.4 is 14.9 Å². The lowest BCUT2D eigenvalue weighted by Crippen LogP contribution is -2.46. The maximum absolute atomic E-state index is 12.3. The van der Waals surface area contributed by atoms with Gasteiger partial charge in [0.2, 0.25) is 15.9 Å². The summed E-state index contributed by atoms with van der Waals surface area (Å²) in [7, 11) is -3.13. The number of benzene rings is 1. The van der Waals surface area contributed by atoms with Crippen LogP contribution in [0, 0.1) is 5.92 Å². The lowest BCUT2D eigenvalue weighted by molar-refractivity contribution is -0.114. The van der Waals surface area contributed by atoms with Crippen LogP contribution in [0.5, 0.6) is 0 Å². The third-order valence-electron chi connectivity index (χ3n) is 6.31. The Morgan fingerprint density at radius 1 is 1.03 bits per heavy atom. The van der Waals surface area contributed by atoms with Crippen LogP contribution in [0.15, 0.2) is 24.3 Å². The molecule has 3 rings (SSSR count). The van der Waals surface area contributed by atoms with Crippen molar-refractivity contribution in [3.05, 3.63) is 24.3 Å². The Hall–Kier alpha value is -1.06. The summed E-state index contributed by atoms with van der Waals surface area (Å²) in [6.07, 6.45) is 7.60. The van der Waals surface area contributed by atoms with Crippen LogP contribution in [0.3, 0.4) is 0 Å². The summed E-state index contributed by atoms with van der Waals surface area (Å²) in [6, 6.07) is 7.99. The maximum Gasteiger partial charge on any atom is 0.221 e. The second-order valence-corrected chi connectivity index (χ2v) is 10.8. The number of nitrogens with zero attached hydrogens (tertiary/aromatic N) is 2. The minimum absolute atomic E-state index is 0. The number of piperazine rings is 1. The molecule has 1 amide bonds.